The van der Waals surface area contributed by atoms with Crippen LogP contribution in [0.4, 0.5) is 5.00 Å². The van der Waals surface area contributed by atoms with Gasteiger partial charge in [0.1, 0.15) is 0 Å². The molecule has 0 bridgehead atoms. The van der Waals surface area contributed by atoms with Crippen molar-refractivity contribution in [3.63, 3.8) is 0 Å². The minimum Gasteiger partial charge on any atom is -0.360 e. The SMILES string of the molecule is CCCN1CCC(CN=C(NCC)N2CCN(c3cccs3)CC2)C1.I. The monoisotopic (exact) mass is 491 g/mol. The Morgan fingerprint density at radius 1 is 1.23 bits per heavy atom. The Morgan fingerprint density at radius 3 is 2.69 bits per heavy atom. The van der Waals surface area contributed by atoms with Crippen LogP contribution in [-0.2, 0) is 0 Å². The molecule has 1 N–H and O–H groups in total. The van der Waals surface area contributed by atoms with E-state index in [4.69, 9.17) is 4.99 Å². The lowest BCUT2D eigenvalue weighted by atomic mass is 10.1. The maximum Gasteiger partial charge on any atom is 0.194 e. The van der Waals surface area contributed by atoms with E-state index < -0.39 is 0 Å². The van der Waals surface area contributed by atoms with Gasteiger partial charge in [0.15, 0.2) is 5.96 Å². The van der Waals surface area contributed by atoms with E-state index in [-0.39, 0.29) is 24.0 Å². The maximum atomic E-state index is 4.99. The molecule has 26 heavy (non-hydrogen) atoms. The van der Waals surface area contributed by atoms with Crippen LogP contribution in [0.2, 0.25) is 0 Å². The number of nitrogens with zero attached hydrogens (tertiary/aromatic N) is 4. The molecule has 0 radical (unpaired) electrons. The van der Waals surface area contributed by atoms with Crippen molar-refractivity contribution in [3.8, 4) is 0 Å². The van der Waals surface area contributed by atoms with Gasteiger partial charge in [-0.2, -0.15) is 0 Å². The van der Waals surface area contributed by atoms with Gasteiger partial charge in [-0.3, -0.25) is 4.99 Å². The summed E-state index contributed by atoms with van der Waals surface area (Å²) in [5, 5.41) is 7.06. The number of anilines is 1. The zero-order valence-electron chi connectivity index (χ0n) is 16.2. The summed E-state index contributed by atoms with van der Waals surface area (Å²) in [7, 11) is 0. The summed E-state index contributed by atoms with van der Waals surface area (Å²) in [6.07, 6.45) is 2.56. The molecule has 0 amide bonds. The van der Waals surface area contributed by atoms with E-state index in [1.807, 2.05) is 11.3 Å². The number of likely N-dealkylation sites (tertiary alicyclic amines) is 1. The van der Waals surface area contributed by atoms with Crippen LogP contribution in [0.3, 0.4) is 0 Å². The van der Waals surface area contributed by atoms with Crippen LogP contribution in [0.25, 0.3) is 0 Å². The zero-order chi connectivity index (χ0) is 17.5. The lowest BCUT2D eigenvalue weighted by molar-refractivity contribution is 0.325. The van der Waals surface area contributed by atoms with E-state index >= 15 is 0 Å². The third-order valence-electron chi connectivity index (χ3n) is 5.14. The van der Waals surface area contributed by atoms with E-state index in [0.717, 1.165) is 51.1 Å². The van der Waals surface area contributed by atoms with Gasteiger partial charge in [0.05, 0.1) is 5.00 Å². The Labute approximate surface area is 179 Å². The Hall–Kier alpha value is -0.540. The van der Waals surface area contributed by atoms with Crippen LogP contribution in [-0.4, -0.2) is 74.7 Å². The fourth-order valence-corrected chi connectivity index (χ4v) is 4.60. The average molecular weight is 491 g/mol. The quantitative estimate of drug-likeness (QED) is 0.377. The van der Waals surface area contributed by atoms with Crippen molar-refractivity contribution in [2.75, 3.05) is 63.8 Å². The molecule has 2 aliphatic rings. The van der Waals surface area contributed by atoms with Crippen molar-refractivity contribution >= 4 is 46.3 Å². The summed E-state index contributed by atoms with van der Waals surface area (Å²) in [6.45, 7) is 14.3. The lowest BCUT2D eigenvalue weighted by Crippen LogP contribution is -2.52. The molecule has 2 fully saturated rings. The normalized spacial score (nSPS) is 21.8. The summed E-state index contributed by atoms with van der Waals surface area (Å²) in [5.74, 6) is 1.84. The fourth-order valence-electron chi connectivity index (χ4n) is 3.81. The minimum atomic E-state index is 0. The second kappa shape index (κ2) is 11.3. The fraction of sp³-hybridized carbons (Fsp3) is 0.737. The second-order valence-corrected chi connectivity index (χ2v) is 8.00. The van der Waals surface area contributed by atoms with Crippen molar-refractivity contribution in [2.45, 2.75) is 26.7 Å². The van der Waals surface area contributed by atoms with E-state index in [0.29, 0.717) is 0 Å². The van der Waals surface area contributed by atoms with Crippen molar-refractivity contribution in [2.24, 2.45) is 10.9 Å². The number of hydrogen-bond acceptors (Lipinski definition) is 4. The smallest absolute Gasteiger partial charge is 0.194 e. The summed E-state index contributed by atoms with van der Waals surface area (Å²) in [4.78, 5) is 12.5. The first-order chi connectivity index (χ1) is 12.3. The molecule has 0 aliphatic carbocycles. The highest BCUT2D eigenvalue weighted by Crippen LogP contribution is 2.22. The van der Waals surface area contributed by atoms with Crippen LogP contribution in [0.1, 0.15) is 26.7 Å². The third kappa shape index (κ3) is 5.99. The highest BCUT2D eigenvalue weighted by Gasteiger charge is 2.23. The molecule has 3 rings (SSSR count). The van der Waals surface area contributed by atoms with Crippen molar-refractivity contribution in [3.05, 3.63) is 17.5 Å². The zero-order valence-corrected chi connectivity index (χ0v) is 19.3. The summed E-state index contributed by atoms with van der Waals surface area (Å²) < 4.78 is 0. The molecule has 1 atom stereocenters. The molecule has 0 saturated carbocycles. The second-order valence-electron chi connectivity index (χ2n) is 7.08. The van der Waals surface area contributed by atoms with Gasteiger partial charge >= 0.3 is 0 Å². The molecule has 1 aromatic heterocycles. The largest absolute Gasteiger partial charge is 0.360 e. The van der Waals surface area contributed by atoms with Crippen molar-refractivity contribution in [1.29, 1.82) is 0 Å². The van der Waals surface area contributed by atoms with Crippen LogP contribution in [0.5, 0.6) is 0 Å². The average Bonchev–Trinajstić information content (AvgIpc) is 3.31. The van der Waals surface area contributed by atoms with Crippen molar-refractivity contribution in [1.82, 2.24) is 15.1 Å². The number of nitrogens with one attached hydrogen (secondary N) is 1. The topological polar surface area (TPSA) is 34.1 Å². The molecule has 5 nitrogen and oxygen atoms in total. The number of piperazine rings is 1. The molecule has 3 heterocycles. The van der Waals surface area contributed by atoms with Crippen LogP contribution < -0.4 is 10.2 Å². The van der Waals surface area contributed by atoms with Gasteiger partial charge in [0, 0.05) is 45.8 Å². The lowest BCUT2D eigenvalue weighted by Gasteiger charge is -2.37. The first kappa shape index (κ1) is 21.8. The van der Waals surface area contributed by atoms with Gasteiger partial charge in [0.2, 0.25) is 0 Å². The number of halogens is 1. The summed E-state index contributed by atoms with van der Waals surface area (Å²) >= 11 is 1.84. The first-order valence-electron chi connectivity index (χ1n) is 9.84. The molecular formula is C19H34IN5S. The predicted molar refractivity (Wildman–Crippen MR) is 124 cm³/mol. The molecule has 1 aromatic rings. The van der Waals surface area contributed by atoms with Gasteiger partial charge in [-0.15, -0.1) is 35.3 Å². The number of aliphatic imine (C=N–C) groups is 1. The minimum absolute atomic E-state index is 0. The van der Waals surface area contributed by atoms with Gasteiger partial charge in [-0.1, -0.05) is 6.92 Å². The third-order valence-corrected chi connectivity index (χ3v) is 6.07. The Balaban J connectivity index is 0.00000243. The van der Waals surface area contributed by atoms with E-state index in [2.05, 4.69) is 51.4 Å². The van der Waals surface area contributed by atoms with E-state index in [1.54, 1.807) is 0 Å². The van der Waals surface area contributed by atoms with Gasteiger partial charge in [-0.05, 0) is 56.3 Å². The molecule has 148 valence electrons. The molecule has 0 spiro atoms. The molecule has 2 aliphatic heterocycles. The van der Waals surface area contributed by atoms with E-state index in [9.17, 15) is 0 Å². The molecule has 7 heteroatoms. The predicted octanol–water partition coefficient (Wildman–Crippen LogP) is 3.19. The Kier molecular flexibility index (Phi) is 9.49. The Morgan fingerprint density at radius 2 is 2.04 bits per heavy atom. The van der Waals surface area contributed by atoms with Gasteiger partial charge in [0.25, 0.3) is 0 Å². The number of rotatable bonds is 6. The van der Waals surface area contributed by atoms with Gasteiger partial charge < -0.3 is 20.0 Å². The summed E-state index contributed by atoms with van der Waals surface area (Å²) in [6, 6.07) is 4.36. The standard InChI is InChI=1S/C19H33N5S.HI/c1-3-8-22-9-7-17(16-22)15-21-19(20-4-2)24-12-10-23(11-13-24)18-6-5-14-25-18;/h5-6,14,17H,3-4,7-13,15-16H2,1-2H3,(H,20,21);1H. The van der Waals surface area contributed by atoms with Gasteiger partial charge in [-0.25, -0.2) is 0 Å². The first-order valence-corrected chi connectivity index (χ1v) is 10.7. The van der Waals surface area contributed by atoms with E-state index in [1.165, 1.54) is 37.5 Å². The Bertz CT molecular complexity index is 528. The maximum absolute atomic E-state index is 4.99. The van der Waals surface area contributed by atoms with Crippen molar-refractivity contribution < 1.29 is 0 Å². The van der Waals surface area contributed by atoms with Crippen LogP contribution >= 0.6 is 35.3 Å². The highest BCUT2D eigenvalue weighted by atomic mass is 127. The number of guanidine groups is 1. The van der Waals surface area contributed by atoms with Crippen LogP contribution in [0.15, 0.2) is 22.5 Å². The molecule has 2 saturated heterocycles. The molecule has 1 unspecified atom stereocenters. The van der Waals surface area contributed by atoms with Crippen LogP contribution in [0, 0.1) is 5.92 Å². The molecule has 0 aromatic carbocycles. The highest BCUT2D eigenvalue weighted by molar-refractivity contribution is 14.0. The number of hydrogen-bond donors (Lipinski definition) is 1. The number of thiophene rings is 1. The molecular weight excluding hydrogens is 457 g/mol. The summed E-state index contributed by atoms with van der Waals surface area (Å²) in [5.41, 5.74) is 0.